The molecule has 1 nitrogen and oxygen atoms in total. The molecule has 0 amide bonds. The van der Waals surface area contributed by atoms with Crippen molar-refractivity contribution >= 4 is 6.72 Å². The van der Waals surface area contributed by atoms with Crippen molar-refractivity contribution in [3.8, 4) is 0 Å². The van der Waals surface area contributed by atoms with Crippen LogP contribution in [0.1, 0.15) is 27.7 Å². The molecular formula is C13H19N. The third kappa shape index (κ3) is 4.61. The summed E-state index contributed by atoms with van der Waals surface area (Å²) in [6.45, 7) is 15.5. The summed E-state index contributed by atoms with van der Waals surface area (Å²) in [5.41, 5.74) is 4.72. The Labute approximate surface area is 87.3 Å². The molecule has 0 aliphatic carbocycles. The molecule has 14 heavy (non-hydrogen) atoms. The molecule has 0 saturated carbocycles. The Morgan fingerprint density at radius 3 is 2.07 bits per heavy atom. The number of nitrogens with zero attached hydrogens (tertiary/aromatic N) is 1. The average molecular weight is 189 g/mol. The van der Waals surface area contributed by atoms with E-state index in [0.29, 0.717) is 0 Å². The van der Waals surface area contributed by atoms with E-state index < -0.39 is 0 Å². The maximum atomic E-state index is 3.86. The largest absolute Gasteiger partial charge is 0.272 e. The highest BCUT2D eigenvalue weighted by atomic mass is 14.6. The van der Waals surface area contributed by atoms with Gasteiger partial charge in [-0.25, -0.2) is 0 Å². The number of hydrogen-bond donors (Lipinski definition) is 0. The van der Waals surface area contributed by atoms with Crippen molar-refractivity contribution in [1.82, 2.24) is 0 Å². The molecule has 0 aromatic carbocycles. The smallest absolute Gasteiger partial charge is 0.0266 e. The van der Waals surface area contributed by atoms with Crippen LogP contribution in [0.15, 0.2) is 52.2 Å². The third-order valence-corrected chi connectivity index (χ3v) is 1.77. The summed E-state index contributed by atoms with van der Waals surface area (Å²) in [5, 5.41) is 0. The predicted octanol–water partition coefficient (Wildman–Crippen LogP) is 4.06. The van der Waals surface area contributed by atoms with E-state index in [1.807, 2.05) is 13.0 Å². The number of allylic oxidation sites excluding steroid dienone is 6. The first-order valence-electron chi connectivity index (χ1n) is 4.63. The minimum atomic E-state index is 1.06. The summed E-state index contributed by atoms with van der Waals surface area (Å²) in [4.78, 5) is 3.71. The second-order valence-electron chi connectivity index (χ2n) is 3.59. The highest BCUT2D eigenvalue weighted by Crippen LogP contribution is 2.17. The monoisotopic (exact) mass is 189 g/mol. The lowest BCUT2D eigenvalue weighted by molar-refractivity contribution is 1.27. The maximum absolute atomic E-state index is 3.86. The van der Waals surface area contributed by atoms with Gasteiger partial charge in [-0.2, -0.15) is 0 Å². The average Bonchev–Trinajstić information content (AvgIpc) is 2.02. The summed E-state index contributed by atoms with van der Waals surface area (Å²) >= 11 is 0. The zero-order chi connectivity index (χ0) is 11.1. The number of aliphatic imine (C=N–C) groups is 1. The fraction of sp³-hybridized carbons (Fsp3) is 0.308. The summed E-state index contributed by atoms with van der Waals surface area (Å²) < 4.78 is 0. The molecule has 0 fully saturated rings. The quantitative estimate of drug-likeness (QED) is 0.467. The topological polar surface area (TPSA) is 12.4 Å². The summed E-state index contributed by atoms with van der Waals surface area (Å²) in [5.74, 6) is 0. The lowest BCUT2D eigenvalue weighted by Crippen LogP contribution is -1.85. The van der Waals surface area contributed by atoms with E-state index in [1.54, 1.807) is 6.20 Å². The maximum Gasteiger partial charge on any atom is 0.0266 e. The van der Waals surface area contributed by atoms with Crippen LogP contribution >= 0.6 is 0 Å². The van der Waals surface area contributed by atoms with Gasteiger partial charge in [-0.1, -0.05) is 23.8 Å². The summed E-state index contributed by atoms with van der Waals surface area (Å²) in [6, 6.07) is 0. The first kappa shape index (κ1) is 12.6. The minimum Gasteiger partial charge on any atom is -0.272 e. The van der Waals surface area contributed by atoms with E-state index >= 15 is 0 Å². The summed E-state index contributed by atoms with van der Waals surface area (Å²) in [7, 11) is 0. The highest BCUT2D eigenvalue weighted by molar-refractivity contribution is 5.44. The van der Waals surface area contributed by atoms with Crippen LogP contribution in [0.25, 0.3) is 0 Å². The lowest BCUT2D eigenvalue weighted by Gasteiger charge is -2.05. The molecule has 1 heteroatoms. The van der Waals surface area contributed by atoms with Crippen LogP contribution in [0.4, 0.5) is 0 Å². The Balaban J connectivity index is 5.06. The zero-order valence-electron chi connectivity index (χ0n) is 9.59. The molecule has 0 radical (unpaired) electrons. The van der Waals surface area contributed by atoms with Crippen molar-refractivity contribution in [3.05, 3.63) is 47.2 Å². The predicted molar refractivity (Wildman–Crippen MR) is 65.6 cm³/mol. The standard InChI is InChI=1S/C13H19N/c1-10(2)9-12(5)13(11(3)4)7-8-14-6/h7-9H,1,6H2,2-5H3/b8-7-,12-9-. The molecule has 0 saturated heterocycles. The van der Waals surface area contributed by atoms with Crippen LogP contribution in [-0.2, 0) is 0 Å². The molecule has 0 aromatic rings. The van der Waals surface area contributed by atoms with E-state index in [1.165, 1.54) is 16.7 Å². The Kier molecular flexibility index (Phi) is 5.54. The summed E-state index contributed by atoms with van der Waals surface area (Å²) in [6.07, 6.45) is 5.74. The van der Waals surface area contributed by atoms with E-state index in [2.05, 4.69) is 45.1 Å². The van der Waals surface area contributed by atoms with E-state index in [4.69, 9.17) is 0 Å². The highest BCUT2D eigenvalue weighted by Gasteiger charge is 1.97. The van der Waals surface area contributed by atoms with Crippen LogP contribution in [0.5, 0.6) is 0 Å². The molecule has 76 valence electrons. The third-order valence-electron chi connectivity index (χ3n) is 1.77. The van der Waals surface area contributed by atoms with Gasteiger partial charge in [0, 0.05) is 6.20 Å². The van der Waals surface area contributed by atoms with Crippen LogP contribution in [0, 0.1) is 0 Å². The zero-order valence-corrected chi connectivity index (χ0v) is 9.59. The van der Waals surface area contributed by atoms with Gasteiger partial charge < -0.3 is 0 Å². The Morgan fingerprint density at radius 1 is 1.14 bits per heavy atom. The number of hydrogen-bond acceptors (Lipinski definition) is 1. The van der Waals surface area contributed by atoms with Crippen LogP contribution < -0.4 is 0 Å². The molecule has 0 rings (SSSR count). The van der Waals surface area contributed by atoms with Crippen LogP contribution in [0.2, 0.25) is 0 Å². The first-order chi connectivity index (χ1) is 6.49. The Hall–Kier alpha value is -1.37. The van der Waals surface area contributed by atoms with Gasteiger partial charge in [0.05, 0.1) is 0 Å². The normalized spacial score (nSPS) is 11.6. The van der Waals surface area contributed by atoms with Gasteiger partial charge in [-0.05, 0) is 51.6 Å². The Morgan fingerprint density at radius 2 is 1.71 bits per heavy atom. The second-order valence-corrected chi connectivity index (χ2v) is 3.59. The fourth-order valence-electron chi connectivity index (χ4n) is 1.27. The molecule has 0 heterocycles. The van der Waals surface area contributed by atoms with E-state index in [0.717, 1.165) is 5.57 Å². The molecule has 0 aliphatic rings. The van der Waals surface area contributed by atoms with Gasteiger partial charge >= 0.3 is 0 Å². The van der Waals surface area contributed by atoms with Crippen molar-refractivity contribution in [3.63, 3.8) is 0 Å². The van der Waals surface area contributed by atoms with Crippen molar-refractivity contribution in [2.45, 2.75) is 27.7 Å². The van der Waals surface area contributed by atoms with Gasteiger partial charge in [0.25, 0.3) is 0 Å². The van der Waals surface area contributed by atoms with Crippen molar-refractivity contribution in [2.75, 3.05) is 0 Å². The molecule has 0 N–H and O–H groups in total. The molecule has 0 atom stereocenters. The van der Waals surface area contributed by atoms with E-state index in [9.17, 15) is 0 Å². The van der Waals surface area contributed by atoms with Gasteiger partial charge in [-0.15, -0.1) is 0 Å². The SMILES string of the molecule is C=N/C=C\C(=C(C)C)/C(C)=C\C(=C)C. The van der Waals surface area contributed by atoms with Crippen molar-refractivity contribution in [1.29, 1.82) is 0 Å². The van der Waals surface area contributed by atoms with Gasteiger partial charge in [0.15, 0.2) is 0 Å². The van der Waals surface area contributed by atoms with Crippen LogP contribution in [0.3, 0.4) is 0 Å². The molecular weight excluding hydrogens is 170 g/mol. The van der Waals surface area contributed by atoms with Crippen molar-refractivity contribution < 1.29 is 0 Å². The Bertz CT molecular complexity index is 310. The number of rotatable bonds is 4. The lowest BCUT2D eigenvalue weighted by atomic mass is 10.0. The first-order valence-corrected chi connectivity index (χ1v) is 4.63. The molecule has 0 aromatic heterocycles. The van der Waals surface area contributed by atoms with Crippen molar-refractivity contribution in [2.24, 2.45) is 4.99 Å². The minimum absolute atomic E-state index is 1.06. The fourth-order valence-corrected chi connectivity index (χ4v) is 1.27. The van der Waals surface area contributed by atoms with Gasteiger partial charge in [0.2, 0.25) is 0 Å². The molecule has 0 aliphatic heterocycles. The van der Waals surface area contributed by atoms with E-state index in [-0.39, 0.29) is 0 Å². The van der Waals surface area contributed by atoms with Crippen LogP contribution in [-0.4, -0.2) is 6.72 Å². The molecule has 0 unspecified atom stereocenters. The van der Waals surface area contributed by atoms with Gasteiger partial charge in [-0.3, -0.25) is 4.99 Å². The molecule has 0 spiro atoms. The van der Waals surface area contributed by atoms with Gasteiger partial charge in [0.1, 0.15) is 0 Å². The molecule has 0 bridgehead atoms. The second kappa shape index (κ2) is 6.14.